The number of fused-ring (bicyclic) bond motifs is 6. The minimum Gasteiger partial charge on any atom is -0.0622 e. The lowest BCUT2D eigenvalue weighted by Crippen LogP contribution is -2.17. The van der Waals surface area contributed by atoms with Gasteiger partial charge in [0, 0.05) is 10.8 Å². The molecule has 0 N–H and O–H groups in total. The number of hydrogen-bond acceptors (Lipinski definition) is 0. The SMILES string of the molecule is CC1(C)c2cc(-c3ccccc3)ccc2-c2cc3c(cc21)-c1ccc(-c2ccccc2)cc1C3(C)C. The van der Waals surface area contributed by atoms with E-state index in [1.807, 2.05) is 0 Å². The van der Waals surface area contributed by atoms with Crippen LogP contribution in [0.4, 0.5) is 0 Å². The summed E-state index contributed by atoms with van der Waals surface area (Å²) >= 11 is 0. The van der Waals surface area contributed by atoms with Crippen molar-refractivity contribution in [3.8, 4) is 44.5 Å². The van der Waals surface area contributed by atoms with Gasteiger partial charge in [-0.3, -0.25) is 0 Å². The Morgan fingerprint density at radius 1 is 0.333 bits per heavy atom. The molecular formula is C36H30. The van der Waals surface area contributed by atoms with Crippen molar-refractivity contribution in [2.45, 2.75) is 38.5 Å². The van der Waals surface area contributed by atoms with Crippen molar-refractivity contribution < 1.29 is 0 Å². The monoisotopic (exact) mass is 462 g/mol. The molecule has 0 fully saturated rings. The Morgan fingerprint density at radius 2 is 0.694 bits per heavy atom. The van der Waals surface area contributed by atoms with Crippen LogP contribution in [0.1, 0.15) is 49.9 Å². The van der Waals surface area contributed by atoms with Crippen molar-refractivity contribution in [3.63, 3.8) is 0 Å². The van der Waals surface area contributed by atoms with Gasteiger partial charge in [-0.15, -0.1) is 0 Å². The molecule has 0 aliphatic heterocycles. The van der Waals surface area contributed by atoms with Gasteiger partial charge in [0.25, 0.3) is 0 Å². The summed E-state index contributed by atoms with van der Waals surface area (Å²) in [6.07, 6.45) is 0. The maximum absolute atomic E-state index is 2.50. The third-order valence-electron chi connectivity index (χ3n) is 8.68. The first-order valence-corrected chi connectivity index (χ1v) is 13.0. The van der Waals surface area contributed by atoms with Crippen LogP contribution in [0.5, 0.6) is 0 Å². The lowest BCUT2D eigenvalue weighted by molar-refractivity contribution is 0.652. The molecule has 174 valence electrons. The first-order chi connectivity index (χ1) is 17.4. The van der Waals surface area contributed by atoms with E-state index in [0.717, 1.165) is 0 Å². The van der Waals surface area contributed by atoms with Gasteiger partial charge in [0.15, 0.2) is 0 Å². The van der Waals surface area contributed by atoms with Crippen LogP contribution in [0.3, 0.4) is 0 Å². The van der Waals surface area contributed by atoms with E-state index in [2.05, 4.69) is 137 Å². The average molecular weight is 463 g/mol. The van der Waals surface area contributed by atoms with Crippen LogP contribution in [0, 0.1) is 0 Å². The van der Waals surface area contributed by atoms with E-state index >= 15 is 0 Å². The van der Waals surface area contributed by atoms with Crippen molar-refractivity contribution >= 4 is 0 Å². The molecule has 0 atom stereocenters. The zero-order valence-corrected chi connectivity index (χ0v) is 21.4. The quantitative estimate of drug-likeness (QED) is 0.245. The molecule has 0 bridgehead atoms. The zero-order valence-electron chi connectivity index (χ0n) is 21.4. The predicted molar refractivity (Wildman–Crippen MR) is 152 cm³/mol. The lowest BCUT2D eigenvalue weighted by Gasteiger charge is -2.24. The summed E-state index contributed by atoms with van der Waals surface area (Å²) in [5.74, 6) is 0. The molecule has 0 spiro atoms. The van der Waals surface area contributed by atoms with E-state index in [-0.39, 0.29) is 10.8 Å². The van der Waals surface area contributed by atoms with E-state index in [9.17, 15) is 0 Å². The fourth-order valence-electron chi connectivity index (χ4n) is 6.58. The van der Waals surface area contributed by atoms with Gasteiger partial charge in [0.2, 0.25) is 0 Å². The zero-order chi connectivity index (χ0) is 24.7. The Balaban J connectivity index is 1.39. The van der Waals surface area contributed by atoms with Gasteiger partial charge in [-0.1, -0.05) is 113 Å². The maximum Gasteiger partial charge on any atom is 0.0159 e. The van der Waals surface area contributed by atoms with E-state index in [1.165, 1.54) is 66.8 Å². The van der Waals surface area contributed by atoms with E-state index in [0.29, 0.717) is 0 Å². The average Bonchev–Trinajstić information content (AvgIpc) is 3.27. The van der Waals surface area contributed by atoms with E-state index in [1.54, 1.807) is 0 Å². The minimum absolute atomic E-state index is 0.0403. The summed E-state index contributed by atoms with van der Waals surface area (Å²) in [6, 6.07) is 40.6. The van der Waals surface area contributed by atoms with Crippen LogP contribution < -0.4 is 0 Å². The maximum atomic E-state index is 2.50. The van der Waals surface area contributed by atoms with Gasteiger partial charge < -0.3 is 0 Å². The summed E-state index contributed by atoms with van der Waals surface area (Å²) in [7, 11) is 0. The summed E-state index contributed by atoms with van der Waals surface area (Å²) in [6.45, 7) is 9.55. The Hall–Kier alpha value is -3.90. The third-order valence-corrected chi connectivity index (χ3v) is 8.68. The molecule has 0 aromatic heterocycles. The van der Waals surface area contributed by atoms with Crippen molar-refractivity contribution in [2.75, 3.05) is 0 Å². The molecule has 0 amide bonds. The van der Waals surface area contributed by atoms with E-state index < -0.39 is 0 Å². The fraction of sp³-hybridized carbons (Fsp3) is 0.167. The van der Waals surface area contributed by atoms with Crippen LogP contribution in [-0.2, 0) is 10.8 Å². The van der Waals surface area contributed by atoms with Crippen LogP contribution in [-0.4, -0.2) is 0 Å². The lowest BCUT2D eigenvalue weighted by atomic mass is 9.79. The fourth-order valence-corrected chi connectivity index (χ4v) is 6.58. The molecule has 36 heavy (non-hydrogen) atoms. The van der Waals surface area contributed by atoms with Gasteiger partial charge in [-0.25, -0.2) is 0 Å². The van der Waals surface area contributed by atoms with Gasteiger partial charge >= 0.3 is 0 Å². The van der Waals surface area contributed by atoms with Crippen molar-refractivity contribution in [1.29, 1.82) is 0 Å². The number of rotatable bonds is 2. The van der Waals surface area contributed by atoms with Crippen LogP contribution in [0.25, 0.3) is 44.5 Å². The molecule has 0 unspecified atom stereocenters. The third kappa shape index (κ3) is 2.88. The van der Waals surface area contributed by atoms with Crippen molar-refractivity contribution in [2.24, 2.45) is 0 Å². The summed E-state index contributed by atoms with van der Waals surface area (Å²) in [4.78, 5) is 0. The summed E-state index contributed by atoms with van der Waals surface area (Å²) < 4.78 is 0. The minimum atomic E-state index is -0.0403. The Bertz CT molecular complexity index is 1520. The molecule has 7 rings (SSSR count). The van der Waals surface area contributed by atoms with Gasteiger partial charge in [-0.05, 0) is 91.0 Å². The number of hydrogen-bond donors (Lipinski definition) is 0. The molecule has 0 nitrogen and oxygen atoms in total. The highest BCUT2D eigenvalue weighted by molar-refractivity contribution is 5.91. The smallest absolute Gasteiger partial charge is 0.0159 e. The Kier molecular flexibility index (Phi) is 4.34. The highest BCUT2D eigenvalue weighted by atomic mass is 14.4. The molecule has 5 aromatic carbocycles. The molecule has 0 heteroatoms. The molecule has 2 aliphatic carbocycles. The first kappa shape index (κ1) is 21.4. The first-order valence-electron chi connectivity index (χ1n) is 13.0. The highest BCUT2D eigenvalue weighted by Crippen LogP contribution is 2.56. The van der Waals surface area contributed by atoms with Crippen LogP contribution in [0.15, 0.2) is 109 Å². The molecule has 0 radical (unpaired) electrons. The Morgan fingerprint density at radius 3 is 1.08 bits per heavy atom. The molecule has 2 aliphatic rings. The second kappa shape index (κ2) is 7.31. The second-order valence-electron chi connectivity index (χ2n) is 11.4. The molecule has 5 aromatic rings. The topological polar surface area (TPSA) is 0 Å². The van der Waals surface area contributed by atoms with Crippen molar-refractivity contribution in [3.05, 3.63) is 131 Å². The van der Waals surface area contributed by atoms with Gasteiger partial charge in [0.05, 0.1) is 0 Å². The van der Waals surface area contributed by atoms with Crippen molar-refractivity contribution in [1.82, 2.24) is 0 Å². The van der Waals surface area contributed by atoms with E-state index in [4.69, 9.17) is 0 Å². The largest absolute Gasteiger partial charge is 0.0622 e. The summed E-state index contributed by atoms with van der Waals surface area (Å²) in [5, 5.41) is 0. The molecule has 0 heterocycles. The van der Waals surface area contributed by atoms with Gasteiger partial charge in [0.1, 0.15) is 0 Å². The highest BCUT2D eigenvalue weighted by Gasteiger charge is 2.41. The predicted octanol–water partition coefficient (Wildman–Crippen LogP) is 9.63. The van der Waals surface area contributed by atoms with Crippen LogP contribution >= 0.6 is 0 Å². The normalized spacial score (nSPS) is 15.7. The summed E-state index contributed by atoms with van der Waals surface area (Å²) in [5.41, 5.74) is 16.4. The van der Waals surface area contributed by atoms with Crippen LogP contribution in [0.2, 0.25) is 0 Å². The molecule has 0 saturated carbocycles. The second-order valence-corrected chi connectivity index (χ2v) is 11.4. The number of benzene rings is 5. The molecule has 0 saturated heterocycles. The standard InChI is InChI=1S/C36H30/c1-35(2)31-19-25(23-11-7-5-8-12-23)15-17-27(31)29-22-34-30(21-33(29)35)28-18-16-26(20-32(28)36(34,3)4)24-13-9-6-10-14-24/h5-22H,1-4H3. The molecular weight excluding hydrogens is 432 g/mol. The van der Waals surface area contributed by atoms with Gasteiger partial charge in [-0.2, -0.15) is 0 Å². The Labute approximate surface area is 214 Å².